The monoisotopic (exact) mass is 276 g/mol. The van der Waals surface area contributed by atoms with Crippen LogP contribution in [-0.2, 0) is 11.8 Å². The molecule has 0 saturated carbocycles. The lowest BCUT2D eigenvalue weighted by atomic mass is 10.1. The van der Waals surface area contributed by atoms with Crippen molar-refractivity contribution in [2.24, 2.45) is 7.05 Å². The van der Waals surface area contributed by atoms with Gasteiger partial charge in [0.25, 0.3) is 5.91 Å². The normalized spacial score (nSPS) is 10.9. The van der Waals surface area contributed by atoms with Crippen LogP contribution in [-0.4, -0.2) is 53.9 Å². The highest BCUT2D eigenvalue weighted by atomic mass is 16.5. The molecule has 2 aromatic rings. The number of carbonyl (C=O) groups excluding carboxylic acids is 1. The largest absolute Gasteiger partial charge is 0.395 e. The summed E-state index contributed by atoms with van der Waals surface area (Å²) >= 11 is 0. The Morgan fingerprint density at radius 1 is 1.35 bits per heavy atom. The first-order valence-corrected chi connectivity index (χ1v) is 6.62. The molecule has 0 unspecified atom stereocenters. The van der Waals surface area contributed by atoms with Gasteiger partial charge in [0.2, 0.25) is 0 Å². The minimum atomic E-state index is -0.0760. The van der Waals surface area contributed by atoms with E-state index in [9.17, 15) is 4.79 Å². The van der Waals surface area contributed by atoms with E-state index in [2.05, 4.69) is 0 Å². The second-order valence-electron chi connectivity index (χ2n) is 4.68. The van der Waals surface area contributed by atoms with Crippen LogP contribution < -0.4 is 0 Å². The lowest BCUT2D eigenvalue weighted by Crippen LogP contribution is -2.36. The minimum Gasteiger partial charge on any atom is -0.395 e. The van der Waals surface area contributed by atoms with Crippen molar-refractivity contribution in [1.82, 2.24) is 9.47 Å². The number of hydrogen-bond donors (Lipinski definition) is 1. The maximum Gasteiger partial charge on any atom is 0.256 e. The third-order valence-corrected chi connectivity index (χ3v) is 3.35. The van der Waals surface area contributed by atoms with Crippen molar-refractivity contribution >= 4 is 16.8 Å². The number of benzene rings is 1. The van der Waals surface area contributed by atoms with Crippen molar-refractivity contribution in [2.45, 2.75) is 0 Å². The van der Waals surface area contributed by atoms with E-state index in [0.29, 0.717) is 25.3 Å². The fourth-order valence-corrected chi connectivity index (χ4v) is 2.32. The van der Waals surface area contributed by atoms with Gasteiger partial charge in [-0.3, -0.25) is 4.79 Å². The number of methoxy groups -OCH3 is 1. The van der Waals surface area contributed by atoms with E-state index in [4.69, 9.17) is 9.84 Å². The first-order valence-electron chi connectivity index (χ1n) is 6.62. The Balaban J connectivity index is 2.33. The molecule has 2 rings (SSSR count). The van der Waals surface area contributed by atoms with Gasteiger partial charge >= 0.3 is 0 Å². The second-order valence-corrected chi connectivity index (χ2v) is 4.68. The summed E-state index contributed by atoms with van der Waals surface area (Å²) in [6, 6.07) is 7.80. The zero-order valence-electron chi connectivity index (χ0n) is 11.9. The molecule has 0 aliphatic heterocycles. The van der Waals surface area contributed by atoms with Crippen molar-refractivity contribution < 1.29 is 14.6 Å². The van der Waals surface area contributed by atoms with Crippen molar-refractivity contribution in [3.05, 3.63) is 36.0 Å². The summed E-state index contributed by atoms with van der Waals surface area (Å²) in [4.78, 5) is 14.2. The highest BCUT2D eigenvalue weighted by molar-refractivity contribution is 6.06. The predicted octanol–water partition coefficient (Wildman–Crippen LogP) is 1.26. The molecule has 0 atom stereocenters. The third kappa shape index (κ3) is 2.84. The molecule has 0 aliphatic rings. The third-order valence-electron chi connectivity index (χ3n) is 3.35. The molecular weight excluding hydrogens is 256 g/mol. The molecule has 5 nitrogen and oxygen atoms in total. The molecule has 1 N–H and O–H groups in total. The molecule has 108 valence electrons. The Hall–Kier alpha value is -1.85. The van der Waals surface area contributed by atoms with Gasteiger partial charge in [0.15, 0.2) is 0 Å². The van der Waals surface area contributed by atoms with Crippen LogP contribution in [0.5, 0.6) is 0 Å². The van der Waals surface area contributed by atoms with Crippen LogP contribution in [0.1, 0.15) is 10.4 Å². The van der Waals surface area contributed by atoms with Crippen LogP contribution in [0, 0.1) is 0 Å². The molecular formula is C15H20N2O3. The first-order chi connectivity index (χ1) is 9.69. The molecule has 0 spiro atoms. The molecule has 1 aromatic heterocycles. The number of aromatic nitrogens is 1. The highest BCUT2D eigenvalue weighted by Crippen LogP contribution is 2.21. The zero-order valence-corrected chi connectivity index (χ0v) is 11.9. The van der Waals surface area contributed by atoms with Crippen molar-refractivity contribution in [2.75, 3.05) is 33.4 Å². The number of aliphatic hydroxyl groups excluding tert-OH is 1. The number of ether oxygens (including phenoxy) is 1. The fourth-order valence-electron chi connectivity index (χ4n) is 2.32. The smallest absolute Gasteiger partial charge is 0.256 e. The lowest BCUT2D eigenvalue weighted by molar-refractivity contribution is 0.0658. The van der Waals surface area contributed by atoms with Crippen LogP contribution >= 0.6 is 0 Å². The Kier molecular flexibility index (Phi) is 4.76. The van der Waals surface area contributed by atoms with E-state index in [-0.39, 0.29) is 12.5 Å². The van der Waals surface area contributed by atoms with Crippen LogP contribution in [0.3, 0.4) is 0 Å². The van der Waals surface area contributed by atoms with Gasteiger partial charge in [-0.1, -0.05) is 18.2 Å². The number of aryl methyl sites for hydroxylation is 1. The Labute approximate surface area is 118 Å². The molecule has 0 saturated heterocycles. The van der Waals surface area contributed by atoms with Crippen molar-refractivity contribution in [3.63, 3.8) is 0 Å². The summed E-state index contributed by atoms with van der Waals surface area (Å²) < 4.78 is 6.96. The van der Waals surface area contributed by atoms with Crippen LogP contribution in [0.4, 0.5) is 0 Å². The van der Waals surface area contributed by atoms with Crippen LogP contribution in [0.25, 0.3) is 10.9 Å². The highest BCUT2D eigenvalue weighted by Gasteiger charge is 2.19. The number of hydrogen-bond acceptors (Lipinski definition) is 3. The van der Waals surface area contributed by atoms with Crippen LogP contribution in [0.15, 0.2) is 30.5 Å². The number of nitrogens with zero attached hydrogens (tertiary/aromatic N) is 2. The maximum absolute atomic E-state index is 12.6. The quantitative estimate of drug-likeness (QED) is 0.864. The number of para-hydroxylation sites is 1. The van der Waals surface area contributed by atoms with Gasteiger partial charge in [0, 0.05) is 44.3 Å². The molecule has 1 aromatic carbocycles. The van der Waals surface area contributed by atoms with Gasteiger partial charge in [-0.05, 0) is 6.07 Å². The molecule has 1 heterocycles. The zero-order chi connectivity index (χ0) is 14.5. The SMILES string of the molecule is COCCN(CCO)C(=O)c1cn(C)c2ccccc12. The lowest BCUT2D eigenvalue weighted by Gasteiger charge is -2.21. The number of amides is 1. The maximum atomic E-state index is 12.6. The Bertz CT molecular complexity index is 592. The Morgan fingerprint density at radius 3 is 2.80 bits per heavy atom. The molecule has 0 fully saturated rings. The number of aliphatic hydroxyl groups is 1. The van der Waals surface area contributed by atoms with Crippen LogP contribution in [0.2, 0.25) is 0 Å². The summed E-state index contributed by atoms with van der Waals surface area (Å²) in [6.07, 6.45) is 1.84. The predicted molar refractivity (Wildman–Crippen MR) is 77.8 cm³/mol. The number of carbonyl (C=O) groups is 1. The summed E-state index contributed by atoms with van der Waals surface area (Å²) in [7, 11) is 3.52. The first kappa shape index (κ1) is 14.6. The summed E-state index contributed by atoms with van der Waals surface area (Å²) in [5, 5.41) is 10.0. The van der Waals surface area contributed by atoms with Crippen molar-refractivity contribution in [3.8, 4) is 0 Å². The van der Waals surface area contributed by atoms with Crippen molar-refractivity contribution in [1.29, 1.82) is 0 Å². The molecule has 1 amide bonds. The standard InChI is InChI=1S/C15H20N2O3/c1-16-11-13(12-5-3-4-6-14(12)16)15(19)17(7-9-18)8-10-20-2/h3-6,11,18H,7-10H2,1-2H3. The molecule has 0 bridgehead atoms. The van der Waals surface area contributed by atoms with E-state index >= 15 is 0 Å². The summed E-state index contributed by atoms with van der Waals surface area (Å²) in [5.74, 6) is -0.0760. The molecule has 20 heavy (non-hydrogen) atoms. The minimum absolute atomic E-state index is 0.0553. The molecule has 0 radical (unpaired) electrons. The van der Waals surface area contributed by atoms with Gasteiger partial charge in [-0.25, -0.2) is 0 Å². The number of fused-ring (bicyclic) bond motifs is 1. The fraction of sp³-hybridized carbons (Fsp3) is 0.400. The van der Waals surface area contributed by atoms with E-state index in [0.717, 1.165) is 10.9 Å². The average molecular weight is 276 g/mol. The van der Waals surface area contributed by atoms with E-state index in [1.807, 2.05) is 42.1 Å². The Morgan fingerprint density at radius 2 is 2.10 bits per heavy atom. The molecule has 0 aliphatic carbocycles. The van der Waals surface area contributed by atoms with E-state index in [1.54, 1.807) is 12.0 Å². The van der Waals surface area contributed by atoms with E-state index < -0.39 is 0 Å². The van der Waals surface area contributed by atoms with Gasteiger partial charge in [-0.2, -0.15) is 0 Å². The summed E-state index contributed by atoms with van der Waals surface area (Å²) in [6.45, 7) is 1.18. The van der Waals surface area contributed by atoms with Gasteiger partial charge in [-0.15, -0.1) is 0 Å². The van der Waals surface area contributed by atoms with Gasteiger partial charge in [0.05, 0.1) is 18.8 Å². The topological polar surface area (TPSA) is 54.7 Å². The number of rotatable bonds is 6. The van der Waals surface area contributed by atoms with Gasteiger partial charge in [0.1, 0.15) is 0 Å². The summed E-state index contributed by atoms with van der Waals surface area (Å²) in [5.41, 5.74) is 1.68. The van der Waals surface area contributed by atoms with E-state index in [1.165, 1.54) is 0 Å². The second kappa shape index (κ2) is 6.54. The average Bonchev–Trinajstić information content (AvgIpc) is 2.80. The molecule has 5 heteroatoms. The van der Waals surface area contributed by atoms with Gasteiger partial charge < -0.3 is 19.3 Å².